The van der Waals surface area contributed by atoms with E-state index in [0.717, 1.165) is 0 Å². The van der Waals surface area contributed by atoms with Gasteiger partial charge in [0.05, 0.1) is 22.9 Å². The molecule has 0 spiro atoms. The molecule has 0 bridgehead atoms. The molecule has 0 aromatic rings. The third-order valence-electron chi connectivity index (χ3n) is 0.119. The Hall–Kier alpha value is 0.200. The molecule has 0 aliphatic heterocycles. The van der Waals surface area contributed by atoms with E-state index in [4.69, 9.17) is 0 Å². The Morgan fingerprint density at radius 2 is 2.20 bits per heavy atom. The largest absolute Gasteiger partial charge is 0.273 e. The Morgan fingerprint density at radius 3 is 2.20 bits per heavy atom. The number of carbonyl (C=O) groups excluding carboxylic acids is 1. The summed E-state index contributed by atoms with van der Waals surface area (Å²) < 4.78 is 3.22. The first-order chi connectivity index (χ1) is 2.27. The van der Waals surface area contributed by atoms with Crippen LogP contribution in [-0.2, 0) is 4.79 Å². The summed E-state index contributed by atoms with van der Waals surface area (Å²) >= 11 is 1.65. The second kappa shape index (κ2) is 2.44. The van der Waals surface area contributed by atoms with Gasteiger partial charge in [0, 0.05) is 6.92 Å². The van der Waals surface area contributed by atoms with Gasteiger partial charge >= 0.3 is 0 Å². The van der Waals surface area contributed by atoms with Gasteiger partial charge in [0.1, 0.15) is 0 Å². The van der Waals surface area contributed by atoms with Gasteiger partial charge in [-0.25, -0.2) is 0 Å². The molecule has 1 amide bonds. The van der Waals surface area contributed by atoms with Crippen molar-refractivity contribution in [2.75, 3.05) is 0 Å². The minimum atomic E-state index is -0.134. The molecule has 0 heterocycles. The fraction of sp³-hybridized carbons (Fsp3) is 0.500. The third-order valence-corrected chi connectivity index (χ3v) is 0.798. The molecule has 0 rings (SSSR count). The van der Waals surface area contributed by atoms with Crippen molar-refractivity contribution in [1.82, 2.24) is 3.53 Å². The minimum absolute atomic E-state index is 0.134. The van der Waals surface area contributed by atoms with Crippen molar-refractivity contribution in [1.29, 1.82) is 0 Å². The predicted octanol–water partition coefficient (Wildman–Crippen LogP) is 0.487. The molecule has 29 valence electrons. The first-order valence-corrected chi connectivity index (χ1v) is 2.06. The fourth-order valence-electron chi connectivity index (χ4n) is 0. The Labute approximate surface area is 44.4 Å². The van der Waals surface area contributed by atoms with Gasteiger partial charge in [0.15, 0.2) is 0 Å². The van der Waals surface area contributed by atoms with Gasteiger partial charge in [0.2, 0.25) is 5.91 Å². The van der Waals surface area contributed by atoms with E-state index in [1.807, 2.05) is 0 Å². The monoisotopic (exact) mass is 184 g/mol. The predicted molar refractivity (Wildman–Crippen MR) is 26.8 cm³/mol. The van der Waals surface area contributed by atoms with Gasteiger partial charge in [0.25, 0.3) is 0 Å². The van der Waals surface area contributed by atoms with E-state index in [1.54, 1.807) is 22.9 Å². The molecule has 3 heteroatoms. The number of amides is 1. The maximum absolute atomic E-state index is 9.64. The fourth-order valence-corrected chi connectivity index (χ4v) is 0. The summed E-state index contributed by atoms with van der Waals surface area (Å²) in [7, 11) is 0. The van der Waals surface area contributed by atoms with E-state index < -0.39 is 0 Å². The van der Waals surface area contributed by atoms with Crippen molar-refractivity contribution >= 4 is 28.8 Å². The number of carbonyl (C=O) groups is 1. The van der Waals surface area contributed by atoms with Crippen LogP contribution in [0.4, 0.5) is 0 Å². The van der Waals surface area contributed by atoms with Crippen molar-refractivity contribution < 1.29 is 4.79 Å². The average Bonchev–Trinajstić information content (AvgIpc) is 1.38. The van der Waals surface area contributed by atoms with E-state index in [1.165, 1.54) is 6.92 Å². The molecular formula is C2H3INO. The van der Waals surface area contributed by atoms with Crippen LogP contribution >= 0.6 is 22.9 Å². The Balaban J connectivity index is 2.85. The summed E-state index contributed by atoms with van der Waals surface area (Å²) in [6.07, 6.45) is 0. The summed E-state index contributed by atoms with van der Waals surface area (Å²) in [6, 6.07) is 0. The van der Waals surface area contributed by atoms with Gasteiger partial charge in [-0.15, -0.1) is 0 Å². The maximum Gasteiger partial charge on any atom is 0.247 e. The Morgan fingerprint density at radius 1 is 2.00 bits per heavy atom. The molecule has 2 nitrogen and oxygen atoms in total. The first-order valence-electron chi connectivity index (χ1n) is 1.10. The van der Waals surface area contributed by atoms with Gasteiger partial charge in [-0.2, -0.15) is 3.53 Å². The lowest BCUT2D eigenvalue weighted by Gasteiger charge is -1.71. The molecule has 0 aliphatic rings. The molecule has 0 aliphatic carbocycles. The highest BCUT2D eigenvalue weighted by atomic mass is 127. The summed E-state index contributed by atoms with van der Waals surface area (Å²) in [5.41, 5.74) is 0. The summed E-state index contributed by atoms with van der Waals surface area (Å²) in [4.78, 5) is 9.64. The second-order valence-electron chi connectivity index (χ2n) is 0.604. The van der Waals surface area contributed by atoms with Crippen molar-refractivity contribution in [2.24, 2.45) is 0 Å². The molecule has 0 unspecified atom stereocenters. The lowest BCUT2D eigenvalue weighted by atomic mass is 10.8. The number of hydrogen-bond acceptors (Lipinski definition) is 1. The average molecular weight is 184 g/mol. The zero-order valence-corrected chi connectivity index (χ0v) is 4.89. The second-order valence-corrected chi connectivity index (χ2v) is 1.09. The van der Waals surface area contributed by atoms with E-state index in [9.17, 15) is 4.79 Å². The van der Waals surface area contributed by atoms with Crippen molar-refractivity contribution in [3.8, 4) is 0 Å². The van der Waals surface area contributed by atoms with Crippen LogP contribution in [0.2, 0.25) is 0 Å². The van der Waals surface area contributed by atoms with Crippen LogP contribution < -0.4 is 3.53 Å². The van der Waals surface area contributed by atoms with Crippen molar-refractivity contribution in [2.45, 2.75) is 6.92 Å². The zero-order valence-electron chi connectivity index (χ0n) is 2.73. The standard InChI is InChI=1S/C2H3INO/c1-2(5)4-3/h1H3. The third kappa shape index (κ3) is 4.20. The quantitative estimate of drug-likeness (QED) is 0.504. The topological polar surface area (TPSA) is 31.2 Å². The number of hydrogen-bond donors (Lipinski definition) is 0. The van der Waals surface area contributed by atoms with Crippen LogP contribution in [-0.4, -0.2) is 5.91 Å². The normalized spacial score (nSPS) is 6.80. The van der Waals surface area contributed by atoms with Gasteiger partial charge < -0.3 is 0 Å². The molecule has 0 aromatic heterocycles. The van der Waals surface area contributed by atoms with Gasteiger partial charge in [-0.1, -0.05) is 0 Å². The van der Waals surface area contributed by atoms with E-state index in [-0.39, 0.29) is 5.91 Å². The van der Waals surface area contributed by atoms with Crippen molar-refractivity contribution in [3.05, 3.63) is 0 Å². The van der Waals surface area contributed by atoms with E-state index in [0.29, 0.717) is 0 Å². The molecule has 0 saturated carbocycles. The summed E-state index contributed by atoms with van der Waals surface area (Å²) in [5.74, 6) is -0.134. The van der Waals surface area contributed by atoms with Crippen molar-refractivity contribution in [3.63, 3.8) is 0 Å². The smallest absolute Gasteiger partial charge is 0.247 e. The van der Waals surface area contributed by atoms with Gasteiger partial charge in [-0.3, -0.25) is 4.79 Å². The highest BCUT2D eigenvalue weighted by Crippen LogP contribution is 1.70. The van der Waals surface area contributed by atoms with Crippen LogP contribution in [0, 0.1) is 0 Å². The highest BCUT2D eigenvalue weighted by Gasteiger charge is 1.79. The SMILES string of the molecule is CC(=O)[N]I. The van der Waals surface area contributed by atoms with Crippen LogP contribution in [0.25, 0.3) is 0 Å². The zero-order chi connectivity index (χ0) is 4.28. The molecule has 0 saturated heterocycles. The molecule has 5 heavy (non-hydrogen) atoms. The highest BCUT2D eigenvalue weighted by molar-refractivity contribution is 14.1. The van der Waals surface area contributed by atoms with E-state index >= 15 is 0 Å². The molecule has 1 radical (unpaired) electrons. The Bertz CT molecular complexity index is 44.9. The van der Waals surface area contributed by atoms with Crippen LogP contribution in [0.3, 0.4) is 0 Å². The van der Waals surface area contributed by atoms with Crippen LogP contribution in [0.1, 0.15) is 6.92 Å². The molecule has 0 N–H and O–H groups in total. The number of rotatable bonds is 0. The summed E-state index contributed by atoms with van der Waals surface area (Å²) in [5, 5.41) is 0. The summed E-state index contributed by atoms with van der Waals surface area (Å²) in [6.45, 7) is 1.41. The van der Waals surface area contributed by atoms with Crippen LogP contribution in [0.15, 0.2) is 0 Å². The molecule has 0 fully saturated rings. The van der Waals surface area contributed by atoms with E-state index in [2.05, 4.69) is 3.53 Å². The maximum atomic E-state index is 9.64. The number of nitrogens with zero attached hydrogens (tertiary/aromatic N) is 1. The number of halogens is 1. The minimum Gasteiger partial charge on any atom is -0.273 e. The van der Waals surface area contributed by atoms with Gasteiger partial charge in [-0.05, 0) is 0 Å². The van der Waals surface area contributed by atoms with Crippen LogP contribution in [0.5, 0.6) is 0 Å². The molecular weight excluding hydrogens is 181 g/mol. The lowest BCUT2D eigenvalue weighted by Crippen LogP contribution is -1.94. The lowest BCUT2D eigenvalue weighted by molar-refractivity contribution is -0.116. The first kappa shape index (κ1) is 5.20. The molecule has 0 atom stereocenters. The Kier molecular flexibility index (Phi) is 2.54. The molecule has 0 aromatic carbocycles.